The van der Waals surface area contributed by atoms with Crippen molar-refractivity contribution >= 4 is 23.0 Å². The zero-order chi connectivity index (χ0) is 13.0. The predicted octanol–water partition coefficient (Wildman–Crippen LogP) is 3.88. The van der Waals surface area contributed by atoms with Crippen molar-refractivity contribution in [2.45, 2.75) is 6.92 Å². The van der Waals surface area contributed by atoms with E-state index >= 15 is 0 Å². The number of halogens is 1. The molecular weight excluding hydrogens is 248 g/mol. The molecule has 0 saturated heterocycles. The van der Waals surface area contributed by atoms with Gasteiger partial charge in [-0.25, -0.2) is 0 Å². The fourth-order valence-corrected chi connectivity index (χ4v) is 1.71. The van der Waals surface area contributed by atoms with Crippen LogP contribution in [-0.4, -0.2) is 10.8 Å². The Morgan fingerprint density at radius 2 is 1.78 bits per heavy atom. The number of anilines is 1. The minimum Gasteiger partial charge on any atom is -0.507 e. The van der Waals surface area contributed by atoms with Crippen LogP contribution in [0.3, 0.4) is 0 Å². The van der Waals surface area contributed by atoms with Gasteiger partial charge in [-0.1, -0.05) is 35.9 Å². The number of phenolic OH excluding ortho intramolecular Hbond substituents is 1. The second-order valence-electron chi connectivity index (χ2n) is 3.81. The Hall–Kier alpha value is -2.00. The van der Waals surface area contributed by atoms with Crippen LogP contribution in [-0.2, 0) is 0 Å². The van der Waals surface area contributed by atoms with Crippen molar-refractivity contribution < 1.29 is 5.11 Å². The summed E-state index contributed by atoms with van der Waals surface area (Å²) in [5.74, 6) is 0.208. The first-order chi connectivity index (χ1) is 8.68. The van der Waals surface area contributed by atoms with Crippen LogP contribution in [0.25, 0.3) is 0 Å². The summed E-state index contributed by atoms with van der Waals surface area (Å²) in [6.45, 7) is 1.82. The lowest BCUT2D eigenvalue weighted by Crippen LogP contribution is -2.00. The Morgan fingerprint density at radius 1 is 1.11 bits per heavy atom. The monoisotopic (exact) mass is 260 g/mol. The number of benzene rings is 2. The molecule has 0 fully saturated rings. The Labute approximate surface area is 111 Å². The smallest absolute Gasteiger partial charge is 0.124 e. The third kappa shape index (κ3) is 2.81. The Kier molecular flexibility index (Phi) is 3.85. The normalized spacial score (nSPS) is 11.3. The van der Waals surface area contributed by atoms with E-state index in [1.165, 1.54) is 0 Å². The molecule has 0 spiro atoms. The quantitative estimate of drug-likeness (QED) is 0.650. The maximum absolute atomic E-state index is 9.70. The SMILES string of the molecule is C/C(=N\Nc1ccccc1Cl)c1ccccc1O. The lowest BCUT2D eigenvalue weighted by molar-refractivity contribution is 0.474. The van der Waals surface area contributed by atoms with Gasteiger partial charge in [0.2, 0.25) is 0 Å². The average Bonchev–Trinajstić information content (AvgIpc) is 2.38. The zero-order valence-electron chi connectivity index (χ0n) is 9.89. The number of rotatable bonds is 3. The first kappa shape index (κ1) is 12.5. The molecule has 0 aromatic heterocycles. The molecule has 92 valence electrons. The summed E-state index contributed by atoms with van der Waals surface area (Å²) >= 11 is 6.00. The molecule has 2 aromatic rings. The molecule has 0 aliphatic heterocycles. The van der Waals surface area contributed by atoms with Crippen LogP contribution >= 0.6 is 11.6 Å². The van der Waals surface area contributed by atoms with Gasteiger partial charge in [0, 0.05) is 5.56 Å². The van der Waals surface area contributed by atoms with Crippen LogP contribution in [0.5, 0.6) is 5.75 Å². The zero-order valence-corrected chi connectivity index (χ0v) is 10.6. The minimum absolute atomic E-state index is 0.208. The molecular formula is C14H13ClN2O. The number of nitrogens with one attached hydrogen (secondary N) is 1. The van der Waals surface area contributed by atoms with Gasteiger partial charge in [-0.3, -0.25) is 5.43 Å². The van der Waals surface area contributed by atoms with E-state index in [4.69, 9.17) is 11.6 Å². The molecule has 4 heteroatoms. The van der Waals surface area contributed by atoms with Gasteiger partial charge in [-0.2, -0.15) is 5.10 Å². The predicted molar refractivity (Wildman–Crippen MR) is 75.4 cm³/mol. The first-order valence-electron chi connectivity index (χ1n) is 5.51. The third-order valence-corrected chi connectivity index (χ3v) is 2.84. The number of phenols is 1. The van der Waals surface area contributed by atoms with Gasteiger partial charge in [-0.05, 0) is 31.2 Å². The van der Waals surface area contributed by atoms with E-state index in [0.717, 1.165) is 5.69 Å². The maximum Gasteiger partial charge on any atom is 0.124 e. The van der Waals surface area contributed by atoms with Crippen LogP contribution in [0.1, 0.15) is 12.5 Å². The molecule has 2 rings (SSSR count). The summed E-state index contributed by atoms with van der Waals surface area (Å²) in [4.78, 5) is 0. The summed E-state index contributed by atoms with van der Waals surface area (Å²) in [6.07, 6.45) is 0. The van der Waals surface area contributed by atoms with Gasteiger partial charge >= 0.3 is 0 Å². The number of hydrogen-bond acceptors (Lipinski definition) is 3. The highest BCUT2D eigenvalue weighted by Gasteiger charge is 2.03. The van der Waals surface area contributed by atoms with Crippen molar-refractivity contribution in [2.75, 3.05) is 5.43 Å². The molecule has 0 aliphatic carbocycles. The molecule has 0 saturated carbocycles. The van der Waals surface area contributed by atoms with Crippen molar-refractivity contribution in [3.8, 4) is 5.75 Å². The van der Waals surface area contributed by atoms with E-state index in [1.54, 1.807) is 18.2 Å². The van der Waals surface area contributed by atoms with Crippen LogP contribution in [0.2, 0.25) is 5.02 Å². The van der Waals surface area contributed by atoms with Gasteiger partial charge < -0.3 is 5.11 Å². The fraction of sp³-hybridized carbons (Fsp3) is 0.0714. The highest BCUT2D eigenvalue weighted by atomic mass is 35.5. The number of nitrogens with zero attached hydrogens (tertiary/aromatic N) is 1. The summed E-state index contributed by atoms with van der Waals surface area (Å²) in [5, 5.41) is 14.5. The van der Waals surface area contributed by atoms with Crippen LogP contribution < -0.4 is 5.43 Å². The van der Waals surface area contributed by atoms with Gasteiger partial charge in [-0.15, -0.1) is 0 Å². The van der Waals surface area contributed by atoms with Gasteiger partial charge in [0.25, 0.3) is 0 Å². The number of para-hydroxylation sites is 2. The number of aromatic hydroxyl groups is 1. The highest BCUT2D eigenvalue weighted by molar-refractivity contribution is 6.33. The maximum atomic E-state index is 9.70. The van der Waals surface area contributed by atoms with Gasteiger partial charge in [0.1, 0.15) is 5.75 Å². The largest absolute Gasteiger partial charge is 0.507 e. The average molecular weight is 261 g/mol. The molecule has 0 bridgehead atoms. The van der Waals surface area contributed by atoms with Gasteiger partial charge in [0.05, 0.1) is 16.4 Å². The van der Waals surface area contributed by atoms with Crippen molar-refractivity contribution in [1.29, 1.82) is 0 Å². The van der Waals surface area contributed by atoms with E-state index in [9.17, 15) is 5.11 Å². The molecule has 0 aliphatic rings. The van der Waals surface area contributed by atoms with Crippen LogP contribution in [0, 0.1) is 0 Å². The molecule has 2 aromatic carbocycles. The molecule has 0 radical (unpaired) electrons. The molecule has 3 nitrogen and oxygen atoms in total. The molecule has 0 heterocycles. The van der Waals surface area contributed by atoms with Crippen molar-refractivity contribution in [2.24, 2.45) is 5.10 Å². The minimum atomic E-state index is 0.208. The topological polar surface area (TPSA) is 44.6 Å². The lowest BCUT2D eigenvalue weighted by atomic mass is 10.1. The molecule has 0 atom stereocenters. The van der Waals surface area contributed by atoms with E-state index < -0.39 is 0 Å². The third-order valence-electron chi connectivity index (χ3n) is 2.51. The van der Waals surface area contributed by atoms with Crippen molar-refractivity contribution in [3.05, 3.63) is 59.1 Å². The second-order valence-corrected chi connectivity index (χ2v) is 4.21. The Morgan fingerprint density at radius 3 is 2.50 bits per heavy atom. The van der Waals surface area contributed by atoms with E-state index in [-0.39, 0.29) is 5.75 Å². The van der Waals surface area contributed by atoms with Crippen LogP contribution in [0.4, 0.5) is 5.69 Å². The summed E-state index contributed by atoms with van der Waals surface area (Å²) in [7, 11) is 0. The standard InChI is InChI=1S/C14H13ClN2O/c1-10(11-6-2-5-9-14(11)18)16-17-13-8-4-3-7-12(13)15/h2-9,17-18H,1H3/b16-10+. The molecule has 0 unspecified atom stereocenters. The number of hydrogen-bond donors (Lipinski definition) is 2. The van der Waals surface area contributed by atoms with E-state index in [0.29, 0.717) is 16.3 Å². The van der Waals surface area contributed by atoms with Crippen LogP contribution in [0.15, 0.2) is 53.6 Å². The second kappa shape index (κ2) is 5.56. The highest BCUT2D eigenvalue weighted by Crippen LogP contribution is 2.21. The molecule has 2 N–H and O–H groups in total. The summed E-state index contributed by atoms with van der Waals surface area (Å²) in [6, 6.07) is 14.4. The fourth-order valence-electron chi connectivity index (χ4n) is 1.54. The van der Waals surface area contributed by atoms with E-state index in [2.05, 4.69) is 10.5 Å². The lowest BCUT2D eigenvalue weighted by Gasteiger charge is -2.06. The number of hydrazone groups is 1. The molecule has 0 amide bonds. The summed E-state index contributed by atoms with van der Waals surface area (Å²) in [5.41, 5.74) is 4.99. The Balaban J connectivity index is 2.20. The van der Waals surface area contributed by atoms with Crippen molar-refractivity contribution in [3.63, 3.8) is 0 Å². The molecule has 18 heavy (non-hydrogen) atoms. The van der Waals surface area contributed by atoms with E-state index in [1.807, 2.05) is 37.3 Å². The first-order valence-corrected chi connectivity index (χ1v) is 5.89. The Bertz CT molecular complexity index is 582. The van der Waals surface area contributed by atoms with Crippen molar-refractivity contribution in [1.82, 2.24) is 0 Å². The van der Waals surface area contributed by atoms with Gasteiger partial charge in [0.15, 0.2) is 0 Å². The summed E-state index contributed by atoms with van der Waals surface area (Å²) < 4.78 is 0.